The molecule has 1 rings (SSSR count). The van der Waals surface area contributed by atoms with Gasteiger partial charge < -0.3 is 4.74 Å². The largest absolute Gasteiger partial charge is 0.376 e. The van der Waals surface area contributed by atoms with E-state index < -0.39 is 0 Å². The molecule has 2 unspecified atom stereocenters. The van der Waals surface area contributed by atoms with E-state index in [-0.39, 0.29) is 6.04 Å². The number of rotatable bonds is 2. The molecule has 0 bridgehead atoms. The van der Waals surface area contributed by atoms with Crippen LogP contribution in [0.5, 0.6) is 0 Å². The molecule has 11 heavy (non-hydrogen) atoms. The standard InChI is InChI=1S/C9H18NO/c1-7(2)11-9-5-3-4-8(10)6-9/h7-10H,3-6H2,1-2H3. The first-order chi connectivity index (χ1) is 5.18. The Labute approximate surface area is 69.1 Å². The molecule has 0 heterocycles. The molecule has 0 aliphatic heterocycles. The van der Waals surface area contributed by atoms with Gasteiger partial charge in [-0.3, -0.25) is 5.73 Å². The van der Waals surface area contributed by atoms with Gasteiger partial charge in [-0.05, 0) is 39.5 Å². The second-order valence-electron chi connectivity index (χ2n) is 3.67. The highest BCUT2D eigenvalue weighted by atomic mass is 16.5. The number of hydrogen-bond donors (Lipinski definition) is 0. The van der Waals surface area contributed by atoms with Crippen molar-refractivity contribution in [3.8, 4) is 0 Å². The summed E-state index contributed by atoms with van der Waals surface area (Å²) in [6.45, 7) is 4.13. The van der Waals surface area contributed by atoms with Gasteiger partial charge in [-0.2, -0.15) is 0 Å². The minimum absolute atomic E-state index is 0.132. The average Bonchev–Trinajstić information content (AvgIpc) is 1.85. The maximum Gasteiger partial charge on any atom is 0.0594 e. The van der Waals surface area contributed by atoms with Crippen LogP contribution in [-0.4, -0.2) is 18.2 Å². The second kappa shape index (κ2) is 4.07. The molecule has 2 atom stereocenters. The first-order valence-electron chi connectivity index (χ1n) is 4.55. The zero-order valence-corrected chi connectivity index (χ0v) is 7.47. The number of nitrogens with one attached hydrogen (secondary N) is 1. The van der Waals surface area contributed by atoms with E-state index in [2.05, 4.69) is 13.8 Å². The molecule has 1 N–H and O–H groups in total. The summed E-state index contributed by atoms with van der Waals surface area (Å²) in [7, 11) is 0. The van der Waals surface area contributed by atoms with Crippen LogP contribution >= 0.6 is 0 Å². The molecule has 0 amide bonds. The summed E-state index contributed by atoms with van der Waals surface area (Å²) in [4.78, 5) is 0. The molecule has 0 spiro atoms. The minimum Gasteiger partial charge on any atom is -0.376 e. The monoisotopic (exact) mass is 156 g/mol. The Balaban J connectivity index is 2.23. The third kappa shape index (κ3) is 3.21. The van der Waals surface area contributed by atoms with Gasteiger partial charge in [0.2, 0.25) is 0 Å². The van der Waals surface area contributed by atoms with Gasteiger partial charge in [0.15, 0.2) is 0 Å². The minimum atomic E-state index is 0.132. The van der Waals surface area contributed by atoms with Gasteiger partial charge >= 0.3 is 0 Å². The van der Waals surface area contributed by atoms with Crippen LogP contribution < -0.4 is 5.73 Å². The third-order valence-corrected chi connectivity index (χ3v) is 2.09. The van der Waals surface area contributed by atoms with Gasteiger partial charge in [0.25, 0.3) is 0 Å². The maximum atomic E-state index is 7.57. The fourth-order valence-corrected chi connectivity index (χ4v) is 1.65. The van der Waals surface area contributed by atoms with Crippen molar-refractivity contribution >= 4 is 0 Å². The van der Waals surface area contributed by atoms with Crippen LogP contribution in [0.3, 0.4) is 0 Å². The Morgan fingerprint density at radius 1 is 1.36 bits per heavy atom. The van der Waals surface area contributed by atoms with Gasteiger partial charge in [-0.1, -0.05) is 0 Å². The summed E-state index contributed by atoms with van der Waals surface area (Å²) in [5.41, 5.74) is 7.57. The molecule has 2 nitrogen and oxygen atoms in total. The lowest BCUT2D eigenvalue weighted by atomic mass is 9.93. The van der Waals surface area contributed by atoms with Crippen molar-refractivity contribution in [2.75, 3.05) is 0 Å². The van der Waals surface area contributed by atoms with E-state index in [1.54, 1.807) is 0 Å². The summed E-state index contributed by atoms with van der Waals surface area (Å²) in [6.07, 6.45) is 5.03. The molecular formula is C9H18NO. The predicted octanol–water partition coefficient (Wildman–Crippen LogP) is 2.01. The summed E-state index contributed by atoms with van der Waals surface area (Å²) in [6, 6.07) is 0.132. The topological polar surface area (TPSA) is 33.0 Å². The molecule has 65 valence electrons. The van der Waals surface area contributed by atoms with Crippen LogP contribution in [-0.2, 0) is 4.74 Å². The SMILES string of the molecule is CC(C)OC1CCCC([NH])C1. The van der Waals surface area contributed by atoms with Crippen LogP contribution in [0, 0.1) is 0 Å². The molecule has 1 fully saturated rings. The van der Waals surface area contributed by atoms with Crippen molar-refractivity contribution in [2.45, 2.75) is 57.8 Å². The lowest BCUT2D eigenvalue weighted by molar-refractivity contribution is -0.0160. The van der Waals surface area contributed by atoms with E-state index in [4.69, 9.17) is 10.5 Å². The van der Waals surface area contributed by atoms with E-state index in [1.807, 2.05) is 0 Å². The zero-order chi connectivity index (χ0) is 8.27. The maximum absolute atomic E-state index is 7.57. The van der Waals surface area contributed by atoms with E-state index >= 15 is 0 Å². The van der Waals surface area contributed by atoms with Crippen LogP contribution in [0.1, 0.15) is 39.5 Å². The average molecular weight is 156 g/mol. The molecule has 1 aliphatic carbocycles. The van der Waals surface area contributed by atoms with Crippen molar-refractivity contribution < 1.29 is 4.74 Å². The summed E-state index contributed by atoms with van der Waals surface area (Å²) < 4.78 is 5.64. The normalized spacial score (nSPS) is 32.7. The third-order valence-electron chi connectivity index (χ3n) is 2.09. The highest BCUT2D eigenvalue weighted by molar-refractivity contribution is 4.75. The number of ether oxygens (including phenoxy) is 1. The van der Waals surface area contributed by atoms with Gasteiger partial charge in [-0.25, -0.2) is 0 Å². The second-order valence-corrected chi connectivity index (χ2v) is 3.67. The first-order valence-corrected chi connectivity index (χ1v) is 4.55. The van der Waals surface area contributed by atoms with E-state index in [0.717, 1.165) is 19.3 Å². The quantitative estimate of drug-likeness (QED) is 0.602. The number of hydrogen-bond acceptors (Lipinski definition) is 1. The molecule has 0 saturated heterocycles. The first kappa shape index (κ1) is 9.01. The molecule has 0 aromatic rings. The molecular weight excluding hydrogens is 138 g/mol. The molecule has 1 radical (unpaired) electrons. The van der Waals surface area contributed by atoms with E-state index in [9.17, 15) is 0 Å². The lowest BCUT2D eigenvalue weighted by Gasteiger charge is -2.27. The Hall–Kier alpha value is -0.0800. The van der Waals surface area contributed by atoms with Crippen LogP contribution in [0.25, 0.3) is 0 Å². The van der Waals surface area contributed by atoms with Crippen LogP contribution in [0.2, 0.25) is 0 Å². The predicted molar refractivity (Wildman–Crippen MR) is 45.4 cm³/mol. The van der Waals surface area contributed by atoms with Gasteiger partial charge in [-0.15, -0.1) is 0 Å². The van der Waals surface area contributed by atoms with Gasteiger partial charge in [0.1, 0.15) is 0 Å². The van der Waals surface area contributed by atoms with Gasteiger partial charge in [0.05, 0.1) is 12.2 Å². The van der Waals surface area contributed by atoms with Gasteiger partial charge in [0, 0.05) is 6.04 Å². The van der Waals surface area contributed by atoms with E-state index in [0.29, 0.717) is 12.2 Å². The summed E-state index contributed by atoms with van der Waals surface area (Å²) >= 11 is 0. The van der Waals surface area contributed by atoms with Crippen molar-refractivity contribution in [1.29, 1.82) is 0 Å². The molecule has 1 saturated carbocycles. The summed E-state index contributed by atoms with van der Waals surface area (Å²) in [5.74, 6) is 0. The van der Waals surface area contributed by atoms with E-state index in [1.165, 1.54) is 6.42 Å². The van der Waals surface area contributed by atoms with Crippen molar-refractivity contribution in [1.82, 2.24) is 5.73 Å². The molecule has 0 aromatic carbocycles. The highest BCUT2D eigenvalue weighted by Gasteiger charge is 2.20. The van der Waals surface area contributed by atoms with Crippen LogP contribution in [0.15, 0.2) is 0 Å². The van der Waals surface area contributed by atoms with Crippen molar-refractivity contribution in [3.05, 3.63) is 0 Å². The Morgan fingerprint density at radius 2 is 2.09 bits per heavy atom. The Morgan fingerprint density at radius 3 is 2.64 bits per heavy atom. The summed E-state index contributed by atoms with van der Waals surface area (Å²) in [5, 5.41) is 0. The van der Waals surface area contributed by atoms with Crippen LogP contribution in [0.4, 0.5) is 0 Å². The lowest BCUT2D eigenvalue weighted by Crippen LogP contribution is -2.28. The molecule has 0 aromatic heterocycles. The molecule has 2 heteroatoms. The van der Waals surface area contributed by atoms with Crippen molar-refractivity contribution in [2.24, 2.45) is 0 Å². The Kier molecular flexibility index (Phi) is 3.34. The zero-order valence-electron chi connectivity index (χ0n) is 7.47. The smallest absolute Gasteiger partial charge is 0.0594 e. The fourth-order valence-electron chi connectivity index (χ4n) is 1.65. The Bertz CT molecular complexity index is 112. The molecule has 1 aliphatic rings. The highest BCUT2D eigenvalue weighted by Crippen LogP contribution is 2.21. The fraction of sp³-hybridized carbons (Fsp3) is 1.00. The van der Waals surface area contributed by atoms with Crippen molar-refractivity contribution in [3.63, 3.8) is 0 Å².